The first-order chi connectivity index (χ1) is 10.4. The summed E-state index contributed by atoms with van der Waals surface area (Å²) in [6, 6.07) is 0. The van der Waals surface area contributed by atoms with Crippen LogP contribution in [0.4, 0.5) is 0 Å². The zero-order valence-corrected chi connectivity index (χ0v) is 15.1. The van der Waals surface area contributed by atoms with E-state index in [4.69, 9.17) is 0 Å². The van der Waals surface area contributed by atoms with Gasteiger partial charge in [-0.15, -0.1) is 6.58 Å². The minimum absolute atomic E-state index is 0.424. The molecule has 0 spiro atoms. The maximum atomic E-state index is 11.0. The van der Waals surface area contributed by atoms with Crippen LogP contribution in [0.2, 0.25) is 0 Å². The molecule has 0 bridgehead atoms. The summed E-state index contributed by atoms with van der Waals surface area (Å²) in [5, 5.41) is 3.26. The number of sulfonamides is 1. The molecule has 22 heavy (non-hydrogen) atoms. The van der Waals surface area contributed by atoms with Crippen LogP contribution in [-0.2, 0) is 10.0 Å². The number of aliphatic imine (C=N–C) groups is 1. The monoisotopic (exact) mass is 332 g/mol. The topological polar surface area (TPSA) is 73.8 Å². The van der Waals surface area contributed by atoms with Gasteiger partial charge in [0.2, 0.25) is 10.0 Å². The van der Waals surface area contributed by atoms with Crippen molar-refractivity contribution in [3.8, 4) is 0 Å². The fourth-order valence-corrected chi connectivity index (χ4v) is 2.43. The van der Waals surface area contributed by atoms with Gasteiger partial charge in [-0.25, -0.2) is 13.1 Å². The Morgan fingerprint density at radius 3 is 2.59 bits per heavy atom. The molecule has 0 aliphatic heterocycles. The number of allylic oxidation sites excluding steroid dienone is 1. The summed E-state index contributed by atoms with van der Waals surface area (Å²) in [5.74, 6) is 0.880. The van der Waals surface area contributed by atoms with Gasteiger partial charge in [0.15, 0.2) is 5.96 Å². The van der Waals surface area contributed by atoms with Gasteiger partial charge < -0.3 is 10.2 Å². The van der Waals surface area contributed by atoms with E-state index in [9.17, 15) is 8.42 Å². The van der Waals surface area contributed by atoms with Crippen molar-refractivity contribution in [3.63, 3.8) is 0 Å². The van der Waals surface area contributed by atoms with Crippen LogP contribution >= 0.6 is 0 Å². The molecule has 7 heteroatoms. The molecular formula is C15H32N4O2S. The fraction of sp³-hybridized carbons (Fsp3) is 0.800. The largest absolute Gasteiger partial charge is 0.357 e. The summed E-state index contributed by atoms with van der Waals surface area (Å²) in [4.78, 5) is 6.65. The van der Waals surface area contributed by atoms with Gasteiger partial charge in [-0.05, 0) is 32.6 Å². The van der Waals surface area contributed by atoms with Gasteiger partial charge in [0, 0.05) is 33.2 Å². The van der Waals surface area contributed by atoms with Crippen LogP contribution in [0.3, 0.4) is 0 Å². The molecule has 130 valence electrons. The number of unbranched alkanes of at least 4 members (excludes halogenated alkanes) is 3. The van der Waals surface area contributed by atoms with Gasteiger partial charge in [-0.3, -0.25) is 4.99 Å². The molecule has 0 unspecified atom stereocenters. The lowest BCUT2D eigenvalue weighted by Crippen LogP contribution is -2.39. The summed E-state index contributed by atoms with van der Waals surface area (Å²) in [6.07, 6.45) is 8.39. The lowest BCUT2D eigenvalue weighted by molar-refractivity contribution is 0.455. The van der Waals surface area contributed by atoms with E-state index in [1.165, 1.54) is 19.1 Å². The number of hydrogen-bond acceptors (Lipinski definition) is 3. The summed E-state index contributed by atoms with van der Waals surface area (Å²) < 4.78 is 24.4. The fourth-order valence-electron chi connectivity index (χ4n) is 1.91. The van der Waals surface area contributed by atoms with Crippen molar-refractivity contribution in [1.29, 1.82) is 0 Å². The van der Waals surface area contributed by atoms with Crippen molar-refractivity contribution in [2.75, 3.05) is 39.5 Å². The van der Waals surface area contributed by atoms with Gasteiger partial charge in [0.1, 0.15) is 0 Å². The van der Waals surface area contributed by atoms with Crippen LogP contribution in [0.5, 0.6) is 0 Å². The number of nitrogens with one attached hydrogen (secondary N) is 2. The van der Waals surface area contributed by atoms with Crippen molar-refractivity contribution in [2.45, 2.75) is 39.0 Å². The first kappa shape index (κ1) is 20.9. The Morgan fingerprint density at radius 1 is 1.27 bits per heavy atom. The van der Waals surface area contributed by atoms with E-state index >= 15 is 0 Å². The molecule has 0 heterocycles. The third-order valence-corrected chi connectivity index (χ3v) is 3.79. The Morgan fingerprint density at radius 2 is 2.00 bits per heavy atom. The number of hydrogen-bond donors (Lipinski definition) is 2. The zero-order valence-electron chi connectivity index (χ0n) is 14.3. The molecule has 0 rings (SSSR count). The predicted molar refractivity (Wildman–Crippen MR) is 94.7 cm³/mol. The van der Waals surface area contributed by atoms with Gasteiger partial charge in [0.05, 0.1) is 6.26 Å². The van der Waals surface area contributed by atoms with Crippen LogP contribution < -0.4 is 10.0 Å². The highest BCUT2D eigenvalue weighted by molar-refractivity contribution is 7.88. The molecule has 0 saturated carbocycles. The van der Waals surface area contributed by atoms with E-state index in [1.807, 2.05) is 20.0 Å². The van der Waals surface area contributed by atoms with Gasteiger partial charge in [-0.2, -0.15) is 0 Å². The summed E-state index contributed by atoms with van der Waals surface area (Å²) >= 11 is 0. The van der Waals surface area contributed by atoms with E-state index in [0.717, 1.165) is 31.9 Å². The van der Waals surface area contributed by atoms with Gasteiger partial charge in [0.25, 0.3) is 0 Å². The molecule has 2 N–H and O–H groups in total. The molecule has 0 radical (unpaired) electrons. The molecule has 0 aromatic carbocycles. The summed E-state index contributed by atoms with van der Waals surface area (Å²) in [5.41, 5.74) is 0. The number of nitrogens with zero attached hydrogens (tertiary/aromatic N) is 2. The second-order valence-electron chi connectivity index (χ2n) is 5.32. The van der Waals surface area contributed by atoms with Crippen molar-refractivity contribution < 1.29 is 8.42 Å². The Kier molecular flexibility index (Phi) is 11.9. The van der Waals surface area contributed by atoms with Gasteiger partial charge in [-0.1, -0.05) is 12.5 Å². The average molecular weight is 333 g/mol. The quantitative estimate of drug-likeness (QED) is 0.246. The molecule has 0 amide bonds. The third-order valence-electron chi connectivity index (χ3n) is 3.06. The summed E-state index contributed by atoms with van der Waals surface area (Å²) in [7, 11) is -1.07. The minimum Gasteiger partial charge on any atom is -0.357 e. The van der Waals surface area contributed by atoms with Crippen LogP contribution in [0, 0.1) is 0 Å². The Balaban J connectivity index is 4.09. The van der Waals surface area contributed by atoms with E-state index in [2.05, 4.69) is 26.5 Å². The van der Waals surface area contributed by atoms with Crippen LogP contribution in [0.15, 0.2) is 17.6 Å². The number of guanidine groups is 1. The molecule has 0 saturated heterocycles. The maximum absolute atomic E-state index is 11.0. The van der Waals surface area contributed by atoms with E-state index in [1.54, 1.807) is 0 Å². The highest BCUT2D eigenvalue weighted by atomic mass is 32.2. The Labute approximate surface area is 136 Å². The van der Waals surface area contributed by atoms with Crippen molar-refractivity contribution in [2.24, 2.45) is 4.99 Å². The van der Waals surface area contributed by atoms with Crippen LogP contribution in [-0.4, -0.2) is 58.8 Å². The van der Waals surface area contributed by atoms with E-state index in [0.29, 0.717) is 19.5 Å². The molecular weight excluding hydrogens is 300 g/mol. The first-order valence-corrected chi connectivity index (χ1v) is 9.84. The maximum Gasteiger partial charge on any atom is 0.208 e. The lowest BCUT2D eigenvalue weighted by atomic mass is 10.2. The lowest BCUT2D eigenvalue weighted by Gasteiger charge is -2.22. The minimum atomic E-state index is -3.10. The SMILES string of the molecule is C=CCCCCCN(C)C(=NCCCNS(C)(=O)=O)NCC. The number of rotatable bonds is 12. The standard InChI is InChI=1S/C15H32N4O2S/c1-5-7-8-9-10-14-19(3)15(16-6-2)17-12-11-13-18-22(4,20)21/h5,18H,1,6-14H2,2-4H3,(H,16,17). The highest BCUT2D eigenvalue weighted by Crippen LogP contribution is 2.01. The highest BCUT2D eigenvalue weighted by Gasteiger charge is 2.05. The van der Waals surface area contributed by atoms with E-state index in [-0.39, 0.29) is 0 Å². The molecule has 0 fully saturated rings. The zero-order chi connectivity index (χ0) is 16.8. The second-order valence-corrected chi connectivity index (χ2v) is 7.15. The van der Waals surface area contributed by atoms with Gasteiger partial charge >= 0.3 is 0 Å². The smallest absolute Gasteiger partial charge is 0.208 e. The molecule has 6 nitrogen and oxygen atoms in total. The molecule has 0 aliphatic carbocycles. The first-order valence-electron chi connectivity index (χ1n) is 7.95. The summed E-state index contributed by atoms with van der Waals surface area (Å²) in [6.45, 7) is 8.58. The molecule has 0 atom stereocenters. The molecule has 0 aromatic heterocycles. The van der Waals surface area contributed by atoms with Crippen LogP contribution in [0.25, 0.3) is 0 Å². The molecule has 0 aromatic rings. The average Bonchev–Trinajstić information content (AvgIpc) is 2.44. The van der Waals surface area contributed by atoms with Crippen LogP contribution in [0.1, 0.15) is 39.0 Å². The Bertz CT molecular complexity index is 421. The van der Waals surface area contributed by atoms with Crippen molar-refractivity contribution in [1.82, 2.24) is 14.9 Å². The second kappa shape index (κ2) is 12.5. The van der Waals surface area contributed by atoms with Crippen molar-refractivity contribution >= 4 is 16.0 Å². The third kappa shape index (κ3) is 12.6. The molecule has 0 aliphatic rings. The predicted octanol–water partition coefficient (Wildman–Crippen LogP) is 1.57. The van der Waals surface area contributed by atoms with Crippen molar-refractivity contribution in [3.05, 3.63) is 12.7 Å². The van der Waals surface area contributed by atoms with E-state index < -0.39 is 10.0 Å². The Hall–Kier alpha value is -1.08. The normalized spacial score (nSPS) is 12.2.